The van der Waals surface area contributed by atoms with Gasteiger partial charge in [0.2, 0.25) is 0 Å². The van der Waals surface area contributed by atoms with E-state index in [0.29, 0.717) is 12.1 Å². The fourth-order valence-corrected chi connectivity index (χ4v) is 1.74. The number of pyridine rings is 1. The predicted molar refractivity (Wildman–Crippen MR) is 66.5 cm³/mol. The van der Waals surface area contributed by atoms with Crippen molar-refractivity contribution in [2.75, 3.05) is 12.4 Å². The van der Waals surface area contributed by atoms with Crippen LogP contribution in [0.4, 0.5) is 11.6 Å². The summed E-state index contributed by atoms with van der Waals surface area (Å²) in [5.41, 5.74) is 1.48. The first-order valence-electron chi connectivity index (χ1n) is 5.42. The fraction of sp³-hybridized carbons (Fsp3) is 0.273. The Morgan fingerprint density at radius 2 is 2.33 bits per heavy atom. The van der Waals surface area contributed by atoms with E-state index < -0.39 is 4.92 Å². The molecule has 2 rings (SSSR count). The summed E-state index contributed by atoms with van der Waals surface area (Å²) in [4.78, 5) is 14.4. The van der Waals surface area contributed by atoms with Gasteiger partial charge in [0.1, 0.15) is 5.82 Å². The number of nitrogens with zero attached hydrogens (tertiary/aromatic N) is 4. The highest BCUT2D eigenvalue weighted by molar-refractivity contribution is 5.43. The molecule has 0 amide bonds. The molecule has 0 aliphatic rings. The summed E-state index contributed by atoms with van der Waals surface area (Å²) < 4.78 is 1.55. The van der Waals surface area contributed by atoms with Crippen LogP contribution >= 0.6 is 0 Å². The van der Waals surface area contributed by atoms with E-state index in [0.717, 1.165) is 11.4 Å². The summed E-state index contributed by atoms with van der Waals surface area (Å²) in [5.74, 6) is 0.637. The molecule has 0 saturated carbocycles. The summed E-state index contributed by atoms with van der Waals surface area (Å²) in [6.45, 7) is 2.11. The van der Waals surface area contributed by atoms with Crippen LogP contribution in [0.5, 0.6) is 0 Å². The van der Waals surface area contributed by atoms with Gasteiger partial charge >= 0.3 is 5.82 Å². The summed E-state index contributed by atoms with van der Waals surface area (Å²) >= 11 is 0. The summed E-state index contributed by atoms with van der Waals surface area (Å²) in [6.07, 6.45) is 3.34. The van der Waals surface area contributed by atoms with E-state index in [1.165, 1.54) is 0 Å². The van der Waals surface area contributed by atoms with E-state index in [-0.39, 0.29) is 5.82 Å². The molecule has 7 heteroatoms. The largest absolute Gasteiger partial charge is 0.392 e. The standard InChI is InChI=1S/C11H13N5O2/c1-8-6-15(14-11(8)16(17)18)7-9-4-3-5-13-10(9)12-2/h3-6H,7H2,1-2H3,(H,12,13). The first-order chi connectivity index (χ1) is 8.61. The van der Waals surface area contributed by atoms with Crippen molar-refractivity contribution in [1.82, 2.24) is 14.8 Å². The van der Waals surface area contributed by atoms with Crippen LogP contribution in [0.3, 0.4) is 0 Å². The van der Waals surface area contributed by atoms with Crippen molar-refractivity contribution < 1.29 is 4.92 Å². The monoisotopic (exact) mass is 247 g/mol. The molecule has 0 aliphatic heterocycles. The zero-order valence-corrected chi connectivity index (χ0v) is 10.1. The van der Waals surface area contributed by atoms with E-state index in [4.69, 9.17) is 0 Å². The molecule has 0 unspecified atom stereocenters. The van der Waals surface area contributed by atoms with Crippen LogP contribution in [0.25, 0.3) is 0 Å². The van der Waals surface area contributed by atoms with Gasteiger partial charge in [-0.15, -0.1) is 0 Å². The van der Waals surface area contributed by atoms with Gasteiger partial charge in [-0.3, -0.25) is 0 Å². The highest BCUT2D eigenvalue weighted by Gasteiger charge is 2.17. The molecule has 1 N–H and O–H groups in total. The number of aromatic nitrogens is 3. The zero-order valence-electron chi connectivity index (χ0n) is 10.1. The van der Waals surface area contributed by atoms with Crippen molar-refractivity contribution in [2.45, 2.75) is 13.5 Å². The first kappa shape index (κ1) is 12.0. The third-order valence-corrected chi connectivity index (χ3v) is 2.55. The van der Waals surface area contributed by atoms with Gasteiger partial charge in [-0.05, 0) is 17.9 Å². The molecular weight excluding hydrogens is 234 g/mol. The summed E-state index contributed by atoms with van der Waals surface area (Å²) in [6, 6.07) is 3.72. The molecule has 94 valence electrons. The molecule has 0 aromatic carbocycles. The number of anilines is 1. The Bertz CT molecular complexity index is 579. The highest BCUT2D eigenvalue weighted by atomic mass is 16.6. The average molecular weight is 247 g/mol. The molecule has 0 radical (unpaired) electrons. The second-order valence-electron chi connectivity index (χ2n) is 3.85. The Morgan fingerprint density at radius 3 is 2.94 bits per heavy atom. The molecule has 2 heterocycles. The van der Waals surface area contributed by atoms with Crippen molar-refractivity contribution in [1.29, 1.82) is 0 Å². The maximum absolute atomic E-state index is 10.7. The van der Waals surface area contributed by atoms with Crippen molar-refractivity contribution in [3.63, 3.8) is 0 Å². The Labute approximate surface area is 104 Å². The minimum atomic E-state index is -0.478. The normalized spacial score (nSPS) is 10.3. The van der Waals surface area contributed by atoms with Crippen LogP contribution in [-0.4, -0.2) is 26.7 Å². The van der Waals surface area contributed by atoms with Crippen LogP contribution in [0, 0.1) is 17.0 Å². The van der Waals surface area contributed by atoms with E-state index in [9.17, 15) is 10.1 Å². The number of hydrogen-bond donors (Lipinski definition) is 1. The smallest absolute Gasteiger partial charge is 0.373 e. The number of nitro groups is 1. The molecule has 7 nitrogen and oxygen atoms in total. The van der Waals surface area contributed by atoms with E-state index in [1.807, 2.05) is 12.1 Å². The van der Waals surface area contributed by atoms with Crippen molar-refractivity contribution in [3.8, 4) is 0 Å². The van der Waals surface area contributed by atoms with E-state index in [1.54, 1.807) is 31.0 Å². The Hall–Kier alpha value is -2.44. The van der Waals surface area contributed by atoms with Crippen LogP contribution in [0.2, 0.25) is 0 Å². The van der Waals surface area contributed by atoms with E-state index >= 15 is 0 Å². The fourth-order valence-electron chi connectivity index (χ4n) is 1.74. The van der Waals surface area contributed by atoms with Gasteiger partial charge in [0, 0.05) is 18.8 Å². The highest BCUT2D eigenvalue weighted by Crippen LogP contribution is 2.17. The van der Waals surface area contributed by atoms with Crippen LogP contribution in [0.15, 0.2) is 24.5 Å². The third kappa shape index (κ3) is 2.29. The van der Waals surface area contributed by atoms with E-state index in [2.05, 4.69) is 15.4 Å². The molecule has 0 bridgehead atoms. The predicted octanol–water partition coefficient (Wildman–Crippen LogP) is 1.58. The van der Waals surface area contributed by atoms with Gasteiger partial charge in [-0.1, -0.05) is 6.07 Å². The van der Waals surface area contributed by atoms with Gasteiger partial charge < -0.3 is 15.4 Å². The number of rotatable bonds is 4. The van der Waals surface area contributed by atoms with Gasteiger partial charge in [-0.25, -0.2) is 4.98 Å². The van der Waals surface area contributed by atoms with Gasteiger partial charge in [-0.2, -0.15) is 4.68 Å². The minimum Gasteiger partial charge on any atom is -0.373 e. The molecule has 0 fully saturated rings. The lowest BCUT2D eigenvalue weighted by Gasteiger charge is -2.05. The van der Waals surface area contributed by atoms with Crippen LogP contribution in [0.1, 0.15) is 11.1 Å². The Morgan fingerprint density at radius 1 is 1.56 bits per heavy atom. The van der Waals surface area contributed by atoms with Crippen LogP contribution < -0.4 is 5.32 Å². The molecule has 2 aromatic rings. The molecular formula is C11H13N5O2. The second kappa shape index (κ2) is 4.82. The van der Waals surface area contributed by atoms with Crippen molar-refractivity contribution >= 4 is 11.6 Å². The molecule has 18 heavy (non-hydrogen) atoms. The number of hydrogen-bond acceptors (Lipinski definition) is 5. The number of aryl methyl sites for hydroxylation is 1. The summed E-state index contributed by atoms with van der Waals surface area (Å²) in [5, 5.41) is 17.6. The lowest BCUT2D eigenvalue weighted by Crippen LogP contribution is -2.05. The molecule has 0 saturated heterocycles. The first-order valence-corrected chi connectivity index (χ1v) is 5.42. The maximum atomic E-state index is 10.7. The SMILES string of the molecule is CNc1ncccc1Cn1cc(C)c([N+](=O)[O-])n1. The molecule has 0 spiro atoms. The molecule has 2 aromatic heterocycles. The second-order valence-corrected chi connectivity index (χ2v) is 3.85. The molecule has 0 aliphatic carbocycles. The van der Waals surface area contributed by atoms with Crippen LogP contribution in [-0.2, 0) is 6.54 Å². The lowest BCUT2D eigenvalue weighted by molar-refractivity contribution is -0.390. The lowest BCUT2D eigenvalue weighted by atomic mass is 10.2. The molecule has 0 atom stereocenters. The third-order valence-electron chi connectivity index (χ3n) is 2.55. The van der Waals surface area contributed by atoms with Gasteiger partial charge in [0.05, 0.1) is 23.4 Å². The topological polar surface area (TPSA) is 85.9 Å². The minimum absolute atomic E-state index is 0.107. The average Bonchev–Trinajstić information content (AvgIpc) is 2.71. The summed E-state index contributed by atoms with van der Waals surface area (Å²) in [7, 11) is 1.78. The van der Waals surface area contributed by atoms with Crippen molar-refractivity contribution in [2.24, 2.45) is 0 Å². The quantitative estimate of drug-likeness (QED) is 0.654. The Kier molecular flexibility index (Phi) is 3.22. The van der Waals surface area contributed by atoms with Gasteiger partial charge in [0.15, 0.2) is 0 Å². The Balaban J connectivity index is 2.29. The van der Waals surface area contributed by atoms with Crippen molar-refractivity contribution in [3.05, 3.63) is 45.8 Å². The zero-order chi connectivity index (χ0) is 13.1. The maximum Gasteiger partial charge on any atom is 0.392 e. The number of nitrogens with one attached hydrogen (secondary N) is 1. The van der Waals surface area contributed by atoms with Gasteiger partial charge in [0.25, 0.3) is 0 Å².